The first-order chi connectivity index (χ1) is 11.1. The van der Waals surface area contributed by atoms with Gasteiger partial charge in [-0.3, -0.25) is 19.2 Å². The molecule has 0 aromatic carbocycles. The summed E-state index contributed by atoms with van der Waals surface area (Å²) >= 11 is 10.0. The van der Waals surface area contributed by atoms with Crippen molar-refractivity contribution in [2.75, 3.05) is 18.3 Å². The number of aliphatic carboxylic acids is 1. The van der Waals surface area contributed by atoms with E-state index in [4.69, 9.17) is 34.0 Å². The maximum absolute atomic E-state index is 11.9. The first-order valence-electron chi connectivity index (χ1n) is 7.38. The Morgan fingerprint density at radius 1 is 1.25 bits per heavy atom. The molecule has 0 saturated carbocycles. The van der Waals surface area contributed by atoms with E-state index in [1.165, 1.54) is 11.8 Å². The number of carbonyl (C=O) groups excluding carboxylic acids is 3. The zero-order chi connectivity index (χ0) is 18.9. The predicted molar refractivity (Wildman–Crippen MR) is 90.1 cm³/mol. The minimum absolute atomic E-state index is 0.0312. The Kier molecular flexibility index (Phi) is 10.6. The molecule has 0 radical (unpaired) electrons. The molecule has 1 aliphatic rings. The van der Waals surface area contributed by atoms with Gasteiger partial charge >= 0.3 is 5.97 Å². The number of rotatable bonds is 6. The Balaban J connectivity index is 0.000000754. The normalized spacial score (nSPS) is 18.9. The standard InChI is InChI=1S/C11H19N3O4.C3H4Cl2O/c1-6(12)10(16)14-5-3-4-8(14)9(15)13-7(2)11(17)18;4-1-3(6)2-5/h6-8H,3-5,12H2,1-2H3,(H,13,15)(H,17,18);1-2H2/t6-,7-,8-;/m0./s1. The van der Waals surface area contributed by atoms with Gasteiger partial charge in [0.2, 0.25) is 11.8 Å². The molecular formula is C14H23Cl2N3O5. The van der Waals surface area contributed by atoms with E-state index in [9.17, 15) is 19.2 Å². The number of carboxylic acids is 1. The summed E-state index contributed by atoms with van der Waals surface area (Å²) in [6.45, 7) is 3.43. The summed E-state index contributed by atoms with van der Waals surface area (Å²) in [6.07, 6.45) is 1.26. The molecule has 0 spiro atoms. The highest BCUT2D eigenvalue weighted by Gasteiger charge is 2.35. The zero-order valence-electron chi connectivity index (χ0n) is 13.6. The average molecular weight is 384 g/mol. The molecule has 0 aliphatic carbocycles. The second kappa shape index (κ2) is 11.2. The third kappa shape index (κ3) is 7.46. The number of hydrogen-bond donors (Lipinski definition) is 3. The molecule has 1 saturated heterocycles. The van der Waals surface area contributed by atoms with Crippen molar-refractivity contribution in [3.63, 3.8) is 0 Å². The molecule has 0 aromatic rings. The van der Waals surface area contributed by atoms with Crippen LogP contribution in [0.1, 0.15) is 26.7 Å². The molecule has 0 unspecified atom stereocenters. The quantitative estimate of drug-likeness (QED) is 0.551. The molecule has 24 heavy (non-hydrogen) atoms. The largest absolute Gasteiger partial charge is 0.480 e. The number of nitrogens with two attached hydrogens (primary N) is 1. The van der Waals surface area contributed by atoms with Crippen LogP contribution < -0.4 is 11.1 Å². The second-order valence-corrected chi connectivity index (χ2v) is 5.89. The van der Waals surface area contributed by atoms with Crippen molar-refractivity contribution < 1.29 is 24.3 Å². The van der Waals surface area contributed by atoms with Crippen molar-refractivity contribution in [1.82, 2.24) is 10.2 Å². The average Bonchev–Trinajstić information content (AvgIpc) is 3.03. The van der Waals surface area contributed by atoms with Gasteiger partial charge in [0.25, 0.3) is 0 Å². The van der Waals surface area contributed by atoms with Gasteiger partial charge in [-0.25, -0.2) is 0 Å². The third-order valence-corrected chi connectivity index (χ3v) is 3.85. The SMILES string of the molecule is C[C@H](N)C(=O)N1CCC[C@H]1C(=O)N[C@@H](C)C(=O)O.O=C(CCl)CCl. The van der Waals surface area contributed by atoms with Crippen LogP contribution in [0.3, 0.4) is 0 Å². The Labute approximate surface area is 150 Å². The van der Waals surface area contributed by atoms with E-state index in [1.54, 1.807) is 6.92 Å². The Morgan fingerprint density at radius 3 is 2.17 bits per heavy atom. The molecule has 1 rings (SSSR count). The number of nitrogens with one attached hydrogen (secondary N) is 1. The number of Topliss-reactive ketones (excluding diaryl/α,β-unsaturated/α-hetero) is 1. The molecule has 1 aliphatic heterocycles. The van der Waals surface area contributed by atoms with Gasteiger partial charge in [0.1, 0.15) is 12.1 Å². The summed E-state index contributed by atoms with van der Waals surface area (Å²) in [5.74, 6) is -1.88. The highest BCUT2D eigenvalue weighted by molar-refractivity contribution is 6.35. The van der Waals surface area contributed by atoms with Crippen molar-refractivity contribution in [3.8, 4) is 0 Å². The fraction of sp³-hybridized carbons (Fsp3) is 0.714. The van der Waals surface area contributed by atoms with Gasteiger partial charge in [-0.2, -0.15) is 0 Å². The van der Waals surface area contributed by atoms with E-state index in [2.05, 4.69) is 5.32 Å². The minimum atomic E-state index is -1.11. The fourth-order valence-electron chi connectivity index (χ4n) is 1.97. The molecule has 1 heterocycles. The molecule has 138 valence electrons. The highest BCUT2D eigenvalue weighted by atomic mass is 35.5. The summed E-state index contributed by atoms with van der Waals surface area (Å²) in [6, 6.07) is -2.23. The van der Waals surface area contributed by atoms with Gasteiger partial charge in [-0.05, 0) is 26.7 Å². The van der Waals surface area contributed by atoms with Crippen LogP contribution >= 0.6 is 23.2 Å². The van der Waals surface area contributed by atoms with Crippen LogP contribution in [0.2, 0.25) is 0 Å². The first kappa shape index (κ1) is 22.6. The number of nitrogens with zero attached hydrogens (tertiary/aromatic N) is 1. The summed E-state index contributed by atoms with van der Waals surface area (Å²) in [4.78, 5) is 45.7. The number of amides is 2. The van der Waals surface area contributed by atoms with E-state index in [0.29, 0.717) is 13.0 Å². The summed E-state index contributed by atoms with van der Waals surface area (Å²) in [5, 5.41) is 11.1. The fourth-order valence-corrected chi connectivity index (χ4v) is 2.26. The molecule has 0 bridgehead atoms. The monoisotopic (exact) mass is 383 g/mol. The van der Waals surface area contributed by atoms with Crippen LogP contribution in [-0.2, 0) is 19.2 Å². The first-order valence-corrected chi connectivity index (χ1v) is 8.45. The smallest absolute Gasteiger partial charge is 0.325 e. The number of halogens is 2. The van der Waals surface area contributed by atoms with Gasteiger partial charge in [0, 0.05) is 6.54 Å². The van der Waals surface area contributed by atoms with Gasteiger partial charge in [-0.1, -0.05) is 0 Å². The minimum Gasteiger partial charge on any atom is -0.480 e. The Bertz CT molecular complexity index is 467. The lowest BCUT2D eigenvalue weighted by molar-refractivity contribution is -0.143. The lowest BCUT2D eigenvalue weighted by atomic mass is 10.1. The second-order valence-electron chi connectivity index (χ2n) is 5.35. The van der Waals surface area contributed by atoms with Crippen LogP contribution in [0, 0.1) is 0 Å². The highest BCUT2D eigenvalue weighted by Crippen LogP contribution is 2.18. The summed E-state index contributed by atoms with van der Waals surface area (Å²) in [5.41, 5.74) is 5.51. The van der Waals surface area contributed by atoms with Crippen molar-refractivity contribution in [2.24, 2.45) is 5.73 Å². The lowest BCUT2D eigenvalue weighted by Crippen LogP contribution is -2.52. The van der Waals surface area contributed by atoms with Crippen LogP contribution in [0.4, 0.5) is 0 Å². The molecule has 3 atom stereocenters. The van der Waals surface area contributed by atoms with Crippen molar-refractivity contribution >= 4 is 46.8 Å². The van der Waals surface area contributed by atoms with Crippen molar-refractivity contribution in [2.45, 2.75) is 44.8 Å². The molecule has 1 fully saturated rings. The number of alkyl halides is 2. The van der Waals surface area contributed by atoms with Gasteiger partial charge in [-0.15, -0.1) is 23.2 Å². The zero-order valence-corrected chi connectivity index (χ0v) is 15.1. The number of hydrogen-bond acceptors (Lipinski definition) is 5. The molecule has 10 heteroatoms. The number of likely N-dealkylation sites (tertiary alicyclic amines) is 1. The summed E-state index contributed by atoms with van der Waals surface area (Å²) in [7, 11) is 0. The number of carboxylic acid groups (broad SMARTS) is 1. The number of ketones is 1. The molecule has 0 aromatic heterocycles. The summed E-state index contributed by atoms with van der Waals surface area (Å²) < 4.78 is 0. The van der Waals surface area contributed by atoms with E-state index in [0.717, 1.165) is 6.42 Å². The van der Waals surface area contributed by atoms with Crippen molar-refractivity contribution in [1.29, 1.82) is 0 Å². The topological polar surface area (TPSA) is 130 Å². The van der Waals surface area contributed by atoms with E-state index in [1.807, 2.05) is 0 Å². The van der Waals surface area contributed by atoms with Crippen LogP contribution in [-0.4, -0.2) is 70.0 Å². The predicted octanol–water partition coefficient (Wildman–Crippen LogP) is -0.0530. The van der Waals surface area contributed by atoms with Crippen LogP contribution in [0.25, 0.3) is 0 Å². The molecule has 2 amide bonds. The maximum atomic E-state index is 11.9. The van der Waals surface area contributed by atoms with Crippen molar-refractivity contribution in [3.05, 3.63) is 0 Å². The van der Waals surface area contributed by atoms with Gasteiger partial charge in [0.15, 0.2) is 5.78 Å². The molecule has 4 N–H and O–H groups in total. The van der Waals surface area contributed by atoms with E-state index in [-0.39, 0.29) is 23.5 Å². The van der Waals surface area contributed by atoms with Crippen LogP contribution in [0.5, 0.6) is 0 Å². The van der Waals surface area contributed by atoms with Gasteiger partial charge < -0.3 is 21.1 Å². The third-order valence-electron chi connectivity index (χ3n) is 3.26. The maximum Gasteiger partial charge on any atom is 0.325 e. The van der Waals surface area contributed by atoms with E-state index >= 15 is 0 Å². The molecular weight excluding hydrogens is 361 g/mol. The number of carbonyl (C=O) groups is 4. The van der Waals surface area contributed by atoms with Crippen LogP contribution in [0.15, 0.2) is 0 Å². The van der Waals surface area contributed by atoms with E-state index < -0.39 is 30.0 Å². The van der Waals surface area contributed by atoms with Gasteiger partial charge in [0.05, 0.1) is 17.8 Å². The molecule has 8 nitrogen and oxygen atoms in total. The Morgan fingerprint density at radius 2 is 1.79 bits per heavy atom. The Hall–Kier alpha value is -1.38. The lowest BCUT2D eigenvalue weighted by Gasteiger charge is -2.26.